The SMILES string of the molecule is COCc1cc(Cl)cc(OC)c1-c1cc(N)no1. The molecule has 2 rings (SSSR count). The summed E-state index contributed by atoms with van der Waals surface area (Å²) in [5, 5.41) is 4.23. The Bertz CT molecular complexity index is 554. The van der Waals surface area contributed by atoms with Gasteiger partial charge in [-0.25, -0.2) is 0 Å². The number of nitrogens with two attached hydrogens (primary N) is 1. The first-order chi connectivity index (χ1) is 8.65. The molecule has 0 saturated heterocycles. The van der Waals surface area contributed by atoms with Gasteiger partial charge in [0.15, 0.2) is 11.6 Å². The molecule has 0 bridgehead atoms. The molecule has 18 heavy (non-hydrogen) atoms. The van der Waals surface area contributed by atoms with Crippen molar-refractivity contribution in [2.45, 2.75) is 6.61 Å². The van der Waals surface area contributed by atoms with Crippen LogP contribution >= 0.6 is 11.6 Å². The van der Waals surface area contributed by atoms with Crippen LogP contribution in [0.1, 0.15) is 5.56 Å². The van der Waals surface area contributed by atoms with Gasteiger partial charge < -0.3 is 19.7 Å². The maximum atomic E-state index is 6.02. The van der Waals surface area contributed by atoms with Crippen LogP contribution in [-0.4, -0.2) is 19.4 Å². The van der Waals surface area contributed by atoms with E-state index < -0.39 is 0 Å². The summed E-state index contributed by atoms with van der Waals surface area (Å²) in [4.78, 5) is 0. The summed E-state index contributed by atoms with van der Waals surface area (Å²) in [7, 11) is 3.16. The van der Waals surface area contributed by atoms with Crippen molar-refractivity contribution in [1.82, 2.24) is 5.16 Å². The predicted octanol–water partition coefficient (Wildman–Crippen LogP) is 2.73. The lowest BCUT2D eigenvalue weighted by atomic mass is 10.0. The molecule has 1 aromatic carbocycles. The van der Waals surface area contributed by atoms with Crippen LogP contribution in [0.4, 0.5) is 5.82 Å². The molecule has 5 nitrogen and oxygen atoms in total. The number of aromatic nitrogens is 1. The van der Waals surface area contributed by atoms with Gasteiger partial charge in [-0.3, -0.25) is 0 Å². The third-order valence-electron chi connectivity index (χ3n) is 2.44. The number of hydrogen-bond acceptors (Lipinski definition) is 5. The van der Waals surface area contributed by atoms with Crippen LogP contribution in [0.2, 0.25) is 5.02 Å². The van der Waals surface area contributed by atoms with E-state index in [0.29, 0.717) is 29.0 Å². The molecule has 6 heteroatoms. The number of ether oxygens (including phenoxy) is 2. The Morgan fingerprint density at radius 3 is 2.67 bits per heavy atom. The summed E-state index contributed by atoms with van der Waals surface area (Å²) < 4.78 is 15.6. The number of nitrogens with zero attached hydrogens (tertiary/aromatic N) is 1. The van der Waals surface area contributed by atoms with Gasteiger partial charge in [0.05, 0.1) is 19.3 Å². The summed E-state index contributed by atoms with van der Waals surface area (Å²) in [5.41, 5.74) is 7.15. The van der Waals surface area contributed by atoms with Gasteiger partial charge in [-0.2, -0.15) is 0 Å². The number of nitrogen functional groups attached to an aromatic ring is 1. The number of methoxy groups -OCH3 is 2. The van der Waals surface area contributed by atoms with Gasteiger partial charge in [0, 0.05) is 18.2 Å². The van der Waals surface area contributed by atoms with E-state index in [1.54, 1.807) is 32.4 Å². The summed E-state index contributed by atoms with van der Waals surface area (Å²) in [6.45, 7) is 0.382. The summed E-state index contributed by atoms with van der Waals surface area (Å²) in [6, 6.07) is 5.13. The van der Waals surface area contributed by atoms with E-state index in [-0.39, 0.29) is 0 Å². The van der Waals surface area contributed by atoms with E-state index in [2.05, 4.69) is 5.16 Å². The van der Waals surface area contributed by atoms with Gasteiger partial charge in [-0.1, -0.05) is 16.8 Å². The number of rotatable bonds is 4. The van der Waals surface area contributed by atoms with Crippen molar-refractivity contribution in [3.63, 3.8) is 0 Å². The Morgan fingerprint density at radius 1 is 1.33 bits per heavy atom. The van der Waals surface area contributed by atoms with Crippen molar-refractivity contribution < 1.29 is 14.0 Å². The van der Waals surface area contributed by atoms with Gasteiger partial charge >= 0.3 is 0 Å². The van der Waals surface area contributed by atoms with Gasteiger partial charge in [0.1, 0.15) is 5.75 Å². The molecule has 0 saturated carbocycles. The van der Waals surface area contributed by atoms with E-state index in [4.69, 9.17) is 31.3 Å². The maximum absolute atomic E-state index is 6.02. The van der Waals surface area contributed by atoms with E-state index in [9.17, 15) is 0 Å². The van der Waals surface area contributed by atoms with Crippen LogP contribution in [0, 0.1) is 0 Å². The Hall–Kier alpha value is -1.72. The molecule has 0 spiro atoms. The molecule has 0 atom stereocenters. The monoisotopic (exact) mass is 268 g/mol. The number of halogens is 1. The smallest absolute Gasteiger partial charge is 0.173 e. The Morgan fingerprint density at radius 2 is 2.11 bits per heavy atom. The first-order valence-electron chi connectivity index (χ1n) is 5.23. The molecule has 0 fully saturated rings. The average molecular weight is 269 g/mol. The maximum Gasteiger partial charge on any atom is 0.173 e. The Balaban J connectivity index is 2.61. The summed E-state index contributed by atoms with van der Waals surface area (Å²) in [5.74, 6) is 1.42. The third-order valence-corrected chi connectivity index (χ3v) is 2.66. The molecular formula is C12H13ClN2O3. The zero-order chi connectivity index (χ0) is 13.1. The second-order valence-electron chi connectivity index (χ2n) is 3.69. The van der Waals surface area contributed by atoms with Crippen LogP contribution in [0.3, 0.4) is 0 Å². The molecule has 0 unspecified atom stereocenters. The van der Waals surface area contributed by atoms with Crippen molar-refractivity contribution in [2.75, 3.05) is 20.0 Å². The molecular weight excluding hydrogens is 256 g/mol. The zero-order valence-corrected chi connectivity index (χ0v) is 10.8. The lowest BCUT2D eigenvalue weighted by molar-refractivity contribution is 0.185. The first kappa shape index (κ1) is 12.7. The molecule has 96 valence electrons. The Kier molecular flexibility index (Phi) is 3.74. The highest BCUT2D eigenvalue weighted by Gasteiger charge is 2.17. The van der Waals surface area contributed by atoms with Gasteiger partial charge in [0.25, 0.3) is 0 Å². The number of benzene rings is 1. The van der Waals surface area contributed by atoms with Crippen molar-refractivity contribution in [1.29, 1.82) is 0 Å². The second kappa shape index (κ2) is 5.29. The average Bonchev–Trinajstić information content (AvgIpc) is 2.75. The topological polar surface area (TPSA) is 70.5 Å². The van der Waals surface area contributed by atoms with Gasteiger partial charge in [-0.15, -0.1) is 0 Å². The highest BCUT2D eigenvalue weighted by Crippen LogP contribution is 2.37. The van der Waals surface area contributed by atoms with Gasteiger partial charge in [0.2, 0.25) is 0 Å². The van der Waals surface area contributed by atoms with Crippen molar-refractivity contribution in [3.05, 3.63) is 28.8 Å². The molecule has 0 aliphatic heterocycles. The van der Waals surface area contributed by atoms with Crippen LogP contribution in [0.15, 0.2) is 22.7 Å². The fraction of sp³-hybridized carbons (Fsp3) is 0.250. The molecule has 0 aliphatic rings. The normalized spacial score (nSPS) is 10.6. The molecule has 2 N–H and O–H groups in total. The fourth-order valence-electron chi connectivity index (χ4n) is 1.75. The quantitative estimate of drug-likeness (QED) is 0.923. The van der Waals surface area contributed by atoms with Crippen molar-refractivity contribution in [2.24, 2.45) is 0 Å². The van der Waals surface area contributed by atoms with Crippen LogP contribution in [-0.2, 0) is 11.3 Å². The highest BCUT2D eigenvalue weighted by molar-refractivity contribution is 6.31. The van der Waals surface area contributed by atoms with Crippen molar-refractivity contribution >= 4 is 17.4 Å². The first-order valence-corrected chi connectivity index (χ1v) is 5.61. The van der Waals surface area contributed by atoms with Crippen LogP contribution < -0.4 is 10.5 Å². The third kappa shape index (κ3) is 2.42. The summed E-state index contributed by atoms with van der Waals surface area (Å²) >= 11 is 6.02. The largest absolute Gasteiger partial charge is 0.496 e. The number of anilines is 1. The lowest BCUT2D eigenvalue weighted by Crippen LogP contribution is -1.96. The van der Waals surface area contributed by atoms with E-state index in [0.717, 1.165) is 11.1 Å². The van der Waals surface area contributed by atoms with Crippen LogP contribution in [0.5, 0.6) is 5.75 Å². The van der Waals surface area contributed by atoms with Crippen LogP contribution in [0.25, 0.3) is 11.3 Å². The zero-order valence-electron chi connectivity index (χ0n) is 10.1. The molecule has 1 heterocycles. The minimum absolute atomic E-state index is 0.311. The second-order valence-corrected chi connectivity index (χ2v) is 4.13. The van der Waals surface area contributed by atoms with Gasteiger partial charge in [-0.05, 0) is 17.7 Å². The van der Waals surface area contributed by atoms with Crippen molar-refractivity contribution in [3.8, 4) is 17.1 Å². The molecule has 0 aliphatic carbocycles. The molecule has 1 aromatic heterocycles. The molecule has 2 aromatic rings. The minimum Gasteiger partial charge on any atom is -0.496 e. The Labute approximate surface area is 109 Å². The number of hydrogen-bond donors (Lipinski definition) is 1. The highest BCUT2D eigenvalue weighted by atomic mass is 35.5. The predicted molar refractivity (Wildman–Crippen MR) is 68.6 cm³/mol. The van der Waals surface area contributed by atoms with E-state index in [1.165, 1.54) is 0 Å². The summed E-state index contributed by atoms with van der Waals surface area (Å²) in [6.07, 6.45) is 0. The fourth-order valence-corrected chi connectivity index (χ4v) is 1.98. The molecule has 0 radical (unpaired) electrons. The standard InChI is InChI=1S/C12H13ClN2O3/c1-16-6-7-3-8(13)4-9(17-2)12(7)10-5-11(14)15-18-10/h3-5H,6H2,1-2H3,(H2,14,15). The van der Waals surface area contributed by atoms with E-state index in [1.807, 2.05) is 0 Å². The minimum atomic E-state index is 0.311. The lowest BCUT2D eigenvalue weighted by Gasteiger charge is -2.11. The molecule has 0 amide bonds. The van der Waals surface area contributed by atoms with E-state index >= 15 is 0 Å².